The van der Waals surface area contributed by atoms with Gasteiger partial charge in [0.15, 0.2) is 0 Å². The van der Waals surface area contributed by atoms with Crippen LogP contribution >= 0.6 is 0 Å². The average molecular weight is 352 g/mol. The fourth-order valence-corrected chi connectivity index (χ4v) is 3.68. The molecule has 1 saturated carbocycles. The summed E-state index contributed by atoms with van der Waals surface area (Å²) in [6.07, 6.45) is 7.00. The summed E-state index contributed by atoms with van der Waals surface area (Å²) in [5.74, 6) is 1.06. The lowest BCUT2D eigenvalue weighted by Crippen LogP contribution is -2.46. The van der Waals surface area contributed by atoms with E-state index in [1.807, 2.05) is 46.9 Å². The van der Waals surface area contributed by atoms with E-state index in [0.717, 1.165) is 29.9 Å². The Hall–Kier alpha value is -2.63. The summed E-state index contributed by atoms with van der Waals surface area (Å²) in [5, 5.41) is 3.07. The van der Waals surface area contributed by atoms with Gasteiger partial charge in [-0.25, -0.2) is 4.98 Å². The Bertz CT molecular complexity index is 825. The van der Waals surface area contributed by atoms with Gasteiger partial charge in [0, 0.05) is 37.9 Å². The molecule has 6 heteroatoms. The summed E-state index contributed by atoms with van der Waals surface area (Å²) < 4.78 is 2.02. The van der Waals surface area contributed by atoms with Crippen molar-refractivity contribution in [2.75, 3.05) is 6.54 Å². The minimum absolute atomic E-state index is 0.0420. The zero-order valence-corrected chi connectivity index (χ0v) is 15.0. The molecule has 1 aromatic carbocycles. The number of aromatic nitrogens is 2. The SMILES string of the molecule is Cc1nccn1-c1ccccc1CNC(=O)[C@H]1CCC(=O)N(C2CC2)C1. The highest BCUT2D eigenvalue weighted by molar-refractivity contribution is 5.84. The van der Waals surface area contributed by atoms with Crippen molar-refractivity contribution in [1.82, 2.24) is 19.8 Å². The molecule has 1 aliphatic heterocycles. The third-order valence-corrected chi connectivity index (χ3v) is 5.33. The largest absolute Gasteiger partial charge is 0.352 e. The molecule has 1 N–H and O–H groups in total. The molecule has 0 spiro atoms. The van der Waals surface area contributed by atoms with Crippen molar-refractivity contribution >= 4 is 11.8 Å². The second-order valence-corrected chi connectivity index (χ2v) is 7.20. The molecule has 0 bridgehead atoms. The number of hydrogen-bond acceptors (Lipinski definition) is 3. The van der Waals surface area contributed by atoms with Crippen LogP contribution in [-0.2, 0) is 16.1 Å². The van der Waals surface area contributed by atoms with Crippen LogP contribution in [0.15, 0.2) is 36.7 Å². The Morgan fingerprint density at radius 1 is 1.27 bits per heavy atom. The van der Waals surface area contributed by atoms with Crippen LogP contribution in [0.2, 0.25) is 0 Å². The minimum Gasteiger partial charge on any atom is -0.352 e. The van der Waals surface area contributed by atoms with Gasteiger partial charge >= 0.3 is 0 Å². The molecule has 2 fully saturated rings. The van der Waals surface area contributed by atoms with Gasteiger partial charge in [-0.2, -0.15) is 0 Å². The number of nitrogens with zero attached hydrogens (tertiary/aromatic N) is 3. The van der Waals surface area contributed by atoms with E-state index < -0.39 is 0 Å². The van der Waals surface area contributed by atoms with Crippen LogP contribution in [0, 0.1) is 12.8 Å². The Morgan fingerprint density at radius 3 is 2.81 bits per heavy atom. The highest BCUT2D eigenvalue weighted by Gasteiger charge is 2.38. The second-order valence-electron chi connectivity index (χ2n) is 7.20. The average Bonchev–Trinajstić information content (AvgIpc) is 3.41. The Kier molecular flexibility index (Phi) is 4.49. The van der Waals surface area contributed by atoms with Crippen LogP contribution in [0.5, 0.6) is 0 Å². The van der Waals surface area contributed by atoms with Crippen LogP contribution in [0.25, 0.3) is 5.69 Å². The van der Waals surface area contributed by atoms with Gasteiger partial charge in [-0.05, 0) is 37.8 Å². The molecule has 2 aliphatic rings. The maximum absolute atomic E-state index is 12.7. The van der Waals surface area contributed by atoms with Gasteiger partial charge in [-0.3, -0.25) is 9.59 Å². The van der Waals surface area contributed by atoms with Gasteiger partial charge in [0.05, 0.1) is 11.6 Å². The van der Waals surface area contributed by atoms with Crippen molar-refractivity contribution in [3.05, 3.63) is 48.0 Å². The van der Waals surface area contributed by atoms with Crippen molar-refractivity contribution in [1.29, 1.82) is 0 Å². The maximum atomic E-state index is 12.7. The normalized spacial score (nSPS) is 20.3. The summed E-state index contributed by atoms with van der Waals surface area (Å²) in [7, 11) is 0. The summed E-state index contributed by atoms with van der Waals surface area (Å²) in [6.45, 7) is 3.00. The molecule has 1 aliphatic carbocycles. The van der Waals surface area contributed by atoms with E-state index in [4.69, 9.17) is 0 Å². The highest BCUT2D eigenvalue weighted by atomic mass is 16.2. The Morgan fingerprint density at radius 2 is 2.08 bits per heavy atom. The highest BCUT2D eigenvalue weighted by Crippen LogP contribution is 2.31. The molecule has 1 aromatic heterocycles. The number of aryl methyl sites for hydroxylation is 1. The van der Waals surface area contributed by atoms with Crippen molar-refractivity contribution < 1.29 is 9.59 Å². The molecule has 2 heterocycles. The lowest BCUT2D eigenvalue weighted by atomic mass is 9.96. The monoisotopic (exact) mass is 352 g/mol. The number of benzene rings is 1. The van der Waals surface area contributed by atoms with E-state index in [1.54, 1.807) is 6.20 Å². The number of rotatable bonds is 5. The number of carbonyl (C=O) groups is 2. The molecule has 2 aromatic rings. The second kappa shape index (κ2) is 6.94. The van der Waals surface area contributed by atoms with Gasteiger partial charge in [-0.1, -0.05) is 18.2 Å². The number of amides is 2. The minimum atomic E-state index is -0.101. The van der Waals surface area contributed by atoms with Crippen LogP contribution < -0.4 is 5.32 Å². The van der Waals surface area contributed by atoms with Crippen LogP contribution in [0.4, 0.5) is 0 Å². The first-order chi connectivity index (χ1) is 12.6. The zero-order valence-electron chi connectivity index (χ0n) is 15.0. The summed E-state index contributed by atoms with van der Waals surface area (Å²) in [5.41, 5.74) is 2.08. The van der Waals surface area contributed by atoms with E-state index in [-0.39, 0.29) is 17.7 Å². The first kappa shape index (κ1) is 16.8. The van der Waals surface area contributed by atoms with E-state index in [0.29, 0.717) is 32.0 Å². The van der Waals surface area contributed by atoms with Gasteiger partial charge in [-0.15, -0.1) is 0 Å². The molecule has 2 amide bonds. The Balaban J connectivity index is 1.42. The number of carbonyl (C=O) groups excluding carboxylic acids is 2. The third-order valence-electron chi connectivity index (χ3n) is 5.33. The van der Waals surface area contributed by atoms with Crippen molar-refractivity contribution in [3.63, 3.8) is 0 Å². The topological polar surface area (TPSA) is 67.2 Å². The van der Waals surface area contributed by atoms with Crippen molar-refractivity contribution in [3.8, 4) is 5.69 Å². The lowest BCUT2D eigenvalue weighted by molar-refractivity contribution is -0.138. The van der Waals surface area contributed by atoms with Gasteiger partial charge in [0.1, 0.15) is 5.82 Å². The lowest BCUT2D eigenvalue weighted by Gasteiger charge is -2.32. The molecule has 6 nitrogen and oxygen atoms in total. The third kappa shape index (κ3) is 3.36. The van der Waals surface area contributed by atoms with Crippen molar-refractivity contribution in [2.24, 2.45) is 5.92 Å². The quantitative estimate of drug-likeness (QED) is 0.897. The summed E-state index contributed by atoms with van der Waals surface area (Å²) >= 11 is 0. The molecule has 0 unspecified atom stereocenters. The maximum Gasteiger partial charge on any atom is 0.225 e. The van der Waals surface area contributed by atoms with E-state index in [9.17, 15) is 9.59 Å². The molecule has 26 heavy (non-hydrogen) atoms. The van der Waals surface area contributed by atoms with E-state index in [2.05, 4.69) is 10.3 Å². The number of hydrogen-bond donors (Lipinski definition) is 1. The van der Waals surface area contributed by atoms with E-state index in [1.165, 1.54) is 0 Å². The molecule has 4 rings (SSSR count). The smallest absolute Gasteiger partial charge is 0.225 e. The van der Waals surface area contributed by atoms with Gasteiger partial charge < -0.3 is 14.8 Å². The fourth-order valence-electron chi connectivity index (χ4n) is 3.68. The van der Waals surface area contributed by atoms with Crippen LogP contribution in [-0.4, -0.2) is 38.9 Å². The number of nitrogens with one attached hydrogen (secondary N) is 1. The molecular weight excluding hydrogens is 328 g/mol. The number of para-hydroxylation sites is 1. The predicted molar refractivity (Wildman–Crippen MR) is 97.6 cm³/mol. The molecular formula is C20H24N4O2. The predicted octanol–water partition coefficient (Wildman–Crippen LogP) is 2.20. The first-order valence-corrected chi connectivity index (χ1v) is 9.29. The number of likely N-dealkylation sites (tertiary alicyclic amines) is 1. The fraction of sp³-hybridized carbons (Fsp3) is 0.450. The molecule has 1 saturated heterocycles. The van der Waals surface area contributed by atoms with Gasteiger partial charge in [0.25, 0.3) is 0 Å². The Labute approximate surface area is 153 Å². The first-order valence-electron chi connectivity index (χ1n) is 9.29. The standard InChI is InChI=1S/C20H24N4O2/c1-14-21-10-11-23(14)18-5-3-2-4-15(18)12-22-20(26)16-6-9-19(25)24(13-16)17-7-8-17/h2-5,10-11,16-17H,6-9,12-13H2,1H3,(H,22,26)/t16-/m0/s1. The zero-order chi connectivity index (χ0) is 18.1. The number of imidazole rings is 1. The van der Waals surface area contributed by atoms with E-state index >= 15 is 0 Å². The summed E-state index contributed by atoms with van der Waals surface area (Å²) in [4.78, 5) is 30.9. The summed E-state index contributed by atoms with van der Waals surface area (Å²) in [6, 6.07) is 8.40. The number of piperidine rings is 1. The molecule has 136 valence electrons. The molecule has 1 atom stereocenters. The van der Waals surface area contributed by atoms with Crippen LogP contribution in [0.1, 0.15) is 37.1 Å². The van der Waals surface area contributed by atoms with Gasteiger partial charge in [0.2, 0.25) is 11.8 Å². The van der Waals surface area contributed by atoms with Crippen LogP contribution in [0.3, 0.4) is 0 Å². The van der Waals surface area contributed by atoms with Crippen molar-refractivity contribution in [2.45, 2.75) is 45.2 Å². The molecule has 0 radical (unpaired) electrons.